The Hall–Kier alpha value is -1.58. The van der Waals surface area contributed by atoms with Crippen LogP contribution in [0.5, 0.6) is 0 Å². The van der Waals surface area contributed by atoms with Crippen molar-refractivity contribution >= 4 is 5.69 Å². The van der Waals surface area contributed by atoms with Crippen LogP contribution in [0.4, 0.5) is 5.69 Å². The molecule has 0 aliphatic carbocycles. The summed E-state index contributed by atoms with van der Waals surface area (Å²) in [5.74, 6) is 4.74. The van der Waals surface area contributed by atoms with Crippen molar-refractivity contribution in [3.05, 3.63) is 35.5 Å². The van der Waals surface area contributed by atoms with E-state index in [2.05, 4.69) is 5.22 Å². The first-order chi connectivity index (χ1) is 4.84. The molecule has 2 N–H and O–H groups in total. The smallest absolute Gasteiger partial charge is 0.154 e. The minimum atomic E-state index is 0.361. The summed E-state index contributed by atoms with van der Waals surface area (Å²) in [5, 5.41) is 13.6. The number of rotatable bonds is 1. The van der Waals surface area contributed by atoms with Crippen molar-refractivity contribution < 1.29 is 4.86 Å². The van der Waals surface area contributed by atoms with Gasteiger partial charge in [0.25, 0.3) is 0 Å². The van der Waals surface area contributed by atoms with Gasteiger partial charge in [0, 0.05) is 0 Å². The van der Waals surface area contributed by atoms with Gasteiger partial charge in [0.2, 0.25) is 0 Å². The van der Waals surface area contributed by atoms with Crippen LogP contribution in [-0.4, -0.2) is 4.86 Å². The maximum absolute atomic E-state index is 10.6. The fourth-order valence-electron chi connectivity index (χ4n) is 0.622. The predicted molar refractivity (Wildman–Crippen MR) is 36.3 cm³/mol. The third-order valence-electron chi connectivity index (χ3n) is 1.08. The minimum absolute atomic E-state index is 0.361. The summed E-state index contributed by atoms with van der Waals surface area (Å²) < 4.78 is 0. The Morgan fingerprint density at radius 1 is 1.30 bits per heavy atom. The molecule has 0 saturated heterocycles. The second-order valence-corrected chi connectivity index (χ2v) is 1.72. The first kappa shape index (κ1) is 6.54. The molecule has 0 atom stereocenters. The standard InChI is InChI=1S/C6H7N3O/c7-8-9(10)6-4-2-1-3-5-6/h1-5H,7H2. The molecule has 0 aliphatic rings. The molecular formula is C6H7N3O. The van der Waals surface area contributed by atoms with E-state index in [4.69, 9.17) is 5.84 Å². The second-order valence-electron chi connectivity index (χ2n) is 1.72. The van der Waals surface area contributed by atoms with E-state index in [1.54, 1.807) is 24.3 Å². The summed E-state index contributed by atoms with van der Waals surface area (Å²) in [6, 6.07) is 8.55. The molecule has 0 spiro atoms. The van der Waals surface area contributed by atoms with E-state index >= 15 is 0 Å². The Morgan fingerprint density at radius 3 is 2.40 bits per heavy atom. The normalized spacial score (nSPS) is 11.4. The lowest BCUT2D eigenvalue weighted by molar-refractivity contribution is -0.443. The van der Waals surface area contributed by atoms with Crippen LogP contribution in [0.1, 0.15) is 0 Å². The summed E-state index contributed by atoms with van der Waals surface area (Å²) in [6.45, 7) is 0. The van der Waals surface area contributed by atoms with Gasteiger partial charge in [-0.2, -0.15) is 5.84 Å². The SMILES string of the molecule is NN=[N+]([O-])c1ccccc1. The molecule has 1 aromatic rings. The molecule has 0 fully saturated rings. The van der Waals surface area contributed by atoms with E-state index in [1.165, 1.54) is 0 Å². The molecule has 0 amide bonds. The molecule has 1 aromatic carbocycles. The molecule has 0 saturated carbocycles. The molecule has 10 heavy (non-hydrogen) atoms. The summed E-state index contributed by atoms with van der Waals surface area (Å²) in [7, 11) is 0. The third kappa shape index (κ3) is 1.22. The van der Waals surface area contributed by atoms with Crippen molar-refractivity contribution in [3.63, 3.8) is 0 Å². The molecule has 0 aromatic heterocycles. The Kier molecular flexibility index (Phi) is 1.84. The van der Waals surface area contributed by atoms with Gasteiger partial charge in [-0.15, -0.1) is 4.86 Å². The van der Waals surface area contributed by atoms with Crippen molar-refractivity contribution in [2.75, 3.05) is 0 Å². The lowest BCUT2D eigenvalue weighted by Crippen LogP contribution is -1.94. The Morgan fingerprint density at radius 2 is 1.90 bits per heavy atom. The molecule has 1 rings (SSSR count). The number of nitrogens with two attached hydrogens (primary N) is 1. The lowest BCUT2D eigenvalue weighted by Gasteiger charge is -2.01. The minimum Gasteiger partial charge on any atom is -0.691 e. The summed E-state index contributed by atoms with van der Waals surface area (Å²) >= 11 is 0. The van der Waals surface area contributed by atoms with Gasteiger partial charge < -0.3 is 5.21 Å². The highest BCUT2D eigenvalue weighted by Crippen LogP contribution is 2.07. The second kappa shape index (κ2) is 2.82. The van der Waals surface area contributed by atoms with Crippen LogP contribution in [0.2, 0.25) is 0 Å². The van der Waals surface area contributed by atoms with Crippen LogP contribution in [0.3, 0.4) is 0 Å². The largest absolute Gasteiger partial charge is 0.691 e. The van der Waals surface area contributed by atoms with Crippen molar-refractivity contribution in [2.45, 2.75) is 0 Å². The molecule has 0 unspecified atom stereocenters. The molecule has 0 radical (unpaired) electrons. The molecule has 4 heteroatoms. The van der Waals surface area contributed by atoms with Gasteiger partial charge in [-0.05, 0) is 12.1 Å². The number of hydrogen-bond acceptors (Lipinski definition) is 2. The van der Waals surface area contributed by atoms with Gasteiger partial charge >= 0.3 is 0 Å². The Labute approximate surface area is 58.1 Å². The van der Waals surface area contributed by atoms with Gasteiger partial charge in [0.05, 0.1) is 5.22 Å². The molecule has 0 aliphatic heterocycles. The molecular weight excluding hydrogens is 130 g/mol. The third-order valence-corrected chi connectivity index (χ3v) is 1.08. The van der Waals surface area contributed by atoms with Gasteiger partial charge in [-0.25, -0.2) is 0 Å². The highest BCUT2D eigenvalue weighted by Gasteiger charge is 1.90. The average Bonchev–Trinajstić information content (AvgIpc) is 2.05. The topological polar surface area (TPSA) is 64.4 Å². The van der Waals surface area contributed by atoms with E-state index in [0.29, 0.717) is 10.5 Å². The maximum atomic E-state index is 10.6. The summed E-state index contributed by atoms with van der Waals surface area (Å²) in [5.41, 5.74) is 0.435. The molecule has 4 nitrogen and oxygen atoms in total. The first-order valence-electron chi connectivity index (χ1n) is 2.78. The first-order valence-corrected chi connectivity index (χ1v) is 2.78. The van der Waals surface area contributed by atoms with E-state index < -0.39 is 0 Å². The van der Waals surface area contributed by atoms with Crippen LogP contribution in [0.15, 0.2) is 35.6 Å². The van der Waals surface area contributed by atoms with Crippen molar-refractivity contribution in [2.24, 2.45) is 11.1 Å². The van der Waals surface area contributed by atoms with Crippen LogP contribution < -0.4 is 5.84 Å². The van der Waals surface area contributed by atoms with E-state index in [0.717, 1.165) is 0 Å². The Bertz CT molecular complexity index is 232. The maximum Gasteiger partial charge on any atom is 0.154 e. The van der Waals surface area contributed by atoms with Crippen LogP contribution in [0, 0.1) is 5.21 Å². The van der Waals surface area contributed by atoms with Crippen LogP contribution in [0.25, 0.3) is 0 Å². The van der Waals surface area contributed by atoms with E-state index in [-0.39, 0.29) is 0 Å². The van der Waals surface area contributed by atoms with E-state index in [9.17, 15) is 5.21 Å². The van der Waals surface area contributed by atoms with Gasteiger partial charge in [-0.3, -0.25) is 0 Å². The summed E-state index contributed by atoms with van der Waals surface area (Å²) in [6.07, 6.45) is 0. The van der Waals surface area contributed by atoms with Crippen LogP contribution >= 0.6 is 0 Å². The number of hydrogen-bond donors (Lipinski definition) is 1. The fourth-order valence-corrected chi connectivity index (χ4v) is 0.622. The van der Waals surface area contributed by atoms with E-state index in [1.807, 2.05) is 6.07 Å². The van der Waals surface area contributed by atoms with Gasteiger partial charge in [-0.1, -0.05) is 18.2 Å². The average molecular weight is 137 g/mol. The Balaban J connectivity index is 2.96. The van der Waals surface area contributed by atoms with Crippen molar-refractivity contribution in [1.82, 2.24) is 0 Å². The zero-order valence-electron chi connectivity index (χ0n) is 5.27. The molecule has 52 valence electrons. The number of nitrogens with zero attached hydrogens (tertiary/aromatic N) is 2. The van der Waals surface area contributed by atoms with Crippen LogP contribution in [-0.2, 0) is 0 Å². The zero-order valence-corrected chi connectivity index (χ0v) is 5.27. The van der Waals surface area contributed by atoms with Gasteiger partial charge in [0.1, 0.15) is 0 Å². The highest BCUT2D eigenvalue weighted by molar-refractivity contribution is 5.27. The molecule has 0 bridgehead atoms. The predicted octanol–water partition coefficient (Wildman–Crippen LogP) is 1.15. The zero-order chi connectivity index (χ0) is 7.40. The number of benzene rings is 1. The highest BCUT2D eigenvalue weighted by atomic mass is 16.5. The summed E-state index contributed by atoms with van der Waals surface area (Å²) in [4.78, 5) is 0.361. The van der Waals surface area contributed by atoms with Crippen molar-refractivity contribution in [3.8, 4) is 0 Å². The molecule has 0 heterocycles. The fraction of sp³-hybridized carbons (Fsp3) is 0. The van der Waals surface area contributed by atoms with Gasteiger partial charge in [0.15, 0.2) is 5.69 Å². The van der Waals surface area contributed by atoms with Crippen molar-refractivity contribution in [1.29, 1.82) is 0 Å². The number of para-hydroxylation sites is 1. The lowest BCUT2D eigenvalue weighted by atomic mass is 10.3. The quantitative estimate of drug-likeness (QED) is 0.273. The monoisotopic (exact) mass is 137 g/mol.